The maximum absolute atomic E-state index is 12.5. The molecule has 1 saturated heterocycles. The standard InChI is InChI=1S/C21H23N3O3/c1-2-5-16-11-19(24-27-16)21(25)23-20-13-26-12-15(20)10-14-8-9-22-18-7-4-3-6-17(14)18/h3-4,6-9,11,15,20H,2,5,10,12-13H2,1H3,(H,23,25)/t15-,20+/m1/s1. The van der Waals surface area contributed by atoms with Crippen LogP contribution in [0.3, 0.4) is 0 Å². The average Bonchev–Trinajstić information content (AvgIpc) is 3.32. The Hall–Kier alpha value is -2.73. The molecular formula is C21H23N3O3. The van der Waals surface area contributed by atoms with E-state index in [0.29, 0.717) is 18.9 Å². The summed E-state index contributed by atoms with van der Waals surface area (Å²) in [4.78, 5) is 17.0. The van der Waals surface area contributed by atoms with Gasteiger partial charge in [0, 0.05) is 30.0 Å². The van der Waals surface area contributed by atoms with Crippen LogP contribution < -0.4 is 5.32 Å². The molecule has 1 fully saturated rings. The van der Waals surface area contributed by atoms with Gasteiger partial charge >= 0.3 is 0 Å². The number of pyridine rings is 1. The second kappa shape index (κ2) is 7.88. The summed E-state index contributed by atoms with van der Waals surface area (Å²) in [6.07, 6.45) is 4.40. The lowest BCUT2D eigenvalue weighted by Gasteiger charge is -2.19. The van der Waals surface area contributed by atoms with Gasteiger partial charge < -0.3 is 14.6 Å². The second-order valence-electron chi connectivity index (χ2n) is 7.00. The second-order valence-corrected chi connectivity index (χ2v) is 7.00. The molecule has 0 bridgehead atoms. The van der Waals surface area contributed by atoms with Crippen molar-refractivity contribution in [3.8, 4) is 0 Å². The molecule has 4 rings (SSSR count). The fraction of sp³-hybridized carbons (Fsp3) is 0.381. The molecule has 1 aromatic carbocycles. The van der Waals surface area contributed by atoms with Crippen molar-refractivity contribution in [3.05, 3.63) is 59.6 Å². The third-order valence-electron chi connectivity index (χ3n) is 5.02. The van der Waals surface area contributed by atoms with Crippen LogP contribution in [0.5, 0.6) is 0 Å². The fourth-order valence-electron chi connectivity index (χ4n) is 3.60. The van der Waals surface area contributed by atoms with Gasteiger partial charge in [-0.15, -0.1) is 0 Å². The van der Waals surface area contributed by atoms with Crippen molar-refractivity contribution in [2.45, 2.75) is 32.2 Å². The third kappa shape index (κ3) is 3.85. The number of para-hydroxylation sites is 1. The zero-order chi connectivity index (χ0) is 18.6. The number of aryl methyl sites for hydroxylation is 1. The molecule has 6 nitrogen and oxygen atoms in total. The summed E-state index contributed by atoms with van der Waals surface area (Å²) in [5.41, 5.74) is 2.54. The Kier molecular flexibility index (Phi) is 5.16. The van der Waals surface area contributed by atoms with Crippen LogP contribution in [0.2, 0.25) is 0 Å². The van der Waals surface area contributed by atoms with Crippen LogP contribution in [0.15, 0.2) is 47.1 Å². The zero-order valence-electron chi connectivity index (χ0n) is 15.4. The number of ether oxygens (including phenoxy) is 1. The maximum Gasteiger partial charge on any atom is 0.273 e. The Morgan fingerprint density at radius 2 is 2.15 bits per heavy atom. The molecule has 0 aliphatic carbocycles. The van der Waals surface area contributed by atoms with Crippen molar-refractivity contribution < 1.29 is 14.1 Å². The minimum absolute atomic E-state index is 0.0456. The van der Waals surface area contributed by atoms with Gasteiger partial charge in [0.2, 0.25) is 0 Å². The first-order valence-corrected chi connectivity index (χ1v) is 9.41. The van der Waals surface area contributed by atoms with Crippen molar-refractivity contribution in [2.24, 2.45) is 5.92 Å². The van der Waals surface area contributed by atoms with Crippen molar-refractivity contribution in [1.29, 1.82) is 0 Å². The molecule has 0 unspecified atom stereocenters. The first kappa shape index (κ1) is 17.7. The van der Waals surface area contributed by atoms with Gasteiger partial charge in [0.1, 0.15) is 5.76 Å². The topological polar surface area (TPSA) is 77.2 Å². The predicted octanol–water partition coefficient (Wildman–Crippen LogP) is 3.16. The molecule has 2 aromatic heterocycles. The Labute approximate surface area is 157 Å². The number of hydrogen-bond acceptors (Lipinski definition) is 5. The largest absolute Gasteiger partial charge is 0.379 e. The highest BCUT2D eigenvalue weighted by Gasteiger charge is 2.31. The number of aromatic nitrogens is 2. The van der Waals surface area contributed by atoms with E-state index in [0.717, 1.165) is 35.9 Å². The first-order valence-electron chi connectivity index (χ1n) is 9.41. The van der Waals surface area contributed by atoms with Gasteiger partial charge in [-0.1, -0.05) is 30.3 Å². The Balaban J connectivity index is 1.46. The molecular weight excluding hydrogens is 342 g/mol. The van der Waals surface area contributed by atoms with Gasteiger partial charge in [0.05, 0.1) is 24.8 Å². The van der Waals surface area contributed by atoms with Crippen LogP contribution in [0, 0.1) is 5.92 Å². The van der Waals surface area contributed by atoms with E-state index in [2.05, 4.69) is 28.4 Å². The predicted molar refractivity (Wildman–Crippen MR) is 102 cm³/mol. The highest BCUT2D eigenvalue weighted by molar-refractivity contribution is 5.92. The van der Waals surface area contributed by atoms with Crippen LogP contribution in [0.1, 0.15) is 35.2 Å². The number of rotatable bonds is 6. The van der Waals surface area contributed by atoms with Crippen molar-refractivity contribution in [3.63, 3.8) is 0 Å². The minimum atomic E-state index is -0.207. The lowest BCUT2D eigenvalue weighted by Crippen LogP contribution is -2.40. The first-order chi connectivity index (χ1) is 13.2. The molecule has 1 N–H and O–H groups in total. The lowest BCUT2D eigenvalue weighted by atomic mass is 9.93. The van der Waals surface area contributed by atoms with E-state index in [9.17, 15) is 4.79 Å². The van der Waals surface area contributed by atoms with E-state index >= 15 is 0 Å². The summed E-state index contributed by atoms with van der Waals surface area (Å²) in [5.74, 6) is 0.744. The number of amides is 1. The molecule has 0 spiro atoms. The normalized spacial score (nSPS) is 19.4. The van der Waals surface area contributed by atoms with Crippen LogP contribution in [-0.4, -0.2) is 35.3 Å². The van der Waals surface area contributed by atoms with Crippen LogP contribution in [0.4, 0.5) is 0 Å². The van der Waals surface area contributed by atoms with E-state index in [1.54, 1.807) is 6.07 Å². The number of fused-ring (bicyclic) bond motifs is 1. The number of nitrogens with zero attached hydrogens (tertiary/aromatic N) is 2. The fourth-order valence-corrected chi connectivity index (χ4v) is 3.60. The quantitative estimate of drug-likeness (QED) is 0.726. The molecule has 1 aliphatic heterocycles. The van der Waals surface area contributed by atoms with Crippen LogP contribution in [-0.2, 0) is 17.6 Å². The Morgan fingerprint density at radius 1 is 1.26 bits per heavy atom. The van der Waals surface area contributed by atoms with Crippen molar-refractivity contribution in [1.82, 2.24) is 15.5 Å². The van der Waals surface area contributed by atoms with Gasteiger partial charge in [-0.25, -0.2) is 0 Å². The SMILES string of the molecule is CCCc1cc(C(=O)N[C@H]2COC[C@H]2Cc2ccnc3ccccc23)no1. The Bertz CT molecular complexity index is 932. The van der Waals surface area contributed by atoms with Gasteiger partial charge in [-0.3, -0.25) is 9.78 Å². The number of carbonyl (C=O) groups excluding carboxylic acids is 1. The average molecular weight is 365 g/mol. The van der Waals surface area contributed by atoms with Crippen LogP contribution in [0.25, 0.3) is 10.9 Å². The van der Waals surface area contributed by atoms with E-state index in [4.69, 9.17) is 9.26 Å². The van der Waals surface area contributed by atoms with Crippen molar-refractivity contribution in [2.75, 3.05) is 13.2 Å². The van der Waals surface area contributed by atoms with Gasteiger partial charge in [0.25, 0.3) is 5.91 Å². The van der Waals surface area contributed by atoms with E-state index in [1.807, 2.05) is 30.5 Å². The van der Waals surface area contributed by atoms with E-state index in [-0.39, 0.29) is 17.9 Å². The summed E-state index contributed by atoms with van der Waals surface area (Å²) in [7, 11) is 0. The lowest BCUT2D eigenvalue weighted by molar-refractivity contribution is 0.0916. The number of benzene rings is 1. The molecule has 3 heterocycles. The van der Waals surface area contributed by atoms with Crippen molar-refractivity contribution >= 4 is 16.8 Å². The summed E-state index contributed by atoms with van der Waals surface area (Å²) in [5, 5.41) is 8.11. The van der Waals surface area contributed by atoms with E-state index < -0.39 is 0 Å². The van der Waals surface area contributed by atoms with Gasteiger partial charge in [-0.2, -0.15) is 0 Å². The molecule has 6 heteroatoms. The molecule has 2 atom stereocenters. The number of nitrogens with one attached hydrogen (secondary N) is 1. The molecule has 1 aliphatic rings. The molecule has 1 amide bonds. The molecule has 3 aromatic rings. The molecule has 0 radical (unpaired) electrons. The monoisotopic (exact) mass is 365 g/mol. The third-order valence-corrected chi connectivity index (χ3v) is 5.02. The summed E-state index contributed by atoms with van der Waals surface area (Å²) in [6.45, 7) is 3.20. The Morgan fingerprint density at radius 3 is 3.04 bits per heavy atom. The van der Waals surface area contributed by atoms with Crippen LogP contribution >= 0.6 is 0 Å². The summed E-state index contributed by atoms with van der Waals surface area (Å²) >= 11 is 0. The smallest absolute Gasteiger partial charge is 0.273 e. The van der Waals surface area contributed by atoms with E-state index in [1.165, 1.54) is 5.56 Å². The molecule has 140 valence electrons. The highest BCUT2D eigenvalue weighted by Crippen LogP contribution is 2.24. The highest BCUT2D eigenvalue weighted by atomic mass is 16.5. The summed E-state index contributed by atoms with van der Waals surface area (Å²) < 4.78 is 10.9. The number of carbonyl (C=O) groups is 1. The zero-order valence-corrected chi connectivity index (χ0v) is 15.4. The molecule has 0 saturated carbocycles. The maximum atomic E-state index is 12.5. The van der Waals surface area contributed by atoms with Gasteiger partial charge in [-0.05, 0) is 30.5 Å². The van der Waals surface area contributed by atoms with Gasteiger partial charge in [0.15, 0.2) is 5.69 Å². The number of hydrogen-bond donors (Lipinski definition) is 1. The summed E-state index contributed by atoms with van der Waals surface area (Å²) in [6, 6.07) is 11.8. The minimum Gasteiger partial charge on any atom is -0.379 e. The molecule has 27 heavy (non-hydrogen) atoms.